The summed E-state index contributed by atoms with van der Waals surface area (Å²) in [5, 5.41) is 0. The highest BCUT2D eigenvalue weighted by Gasteiger charge is 2.50. The Morgan fingerprint density at radius 2 is 1.58 bits per heavy atom. The number of para-hydroxylation sites is 1. The van der Waals surface area contributed by atoms with Crippen LogP contribution in [0.15, 0.2) is 18.2 Å². The van der Waals surface area contributed by atoms with Crippen LogP contribution in [-0.4, -0.2) is 30.1 Å². The lowest BCUT2D eigenvalue weighted by molar-refractivity contribution is -0.127. The Labute approximate surface area is 143 Å². The zero-order chi connectivity index (χ0) is 17.8. The molecule has 0 bridgehead atoms. The Balaban J connectivity index is 1.76. The highest BCUT2D eigenvalue weighted by Crippen LogP contribution is 2.39. The van der Waals surface area contributed by atoms with Crippen LogP contribution in [0.4, 0.5) is 0 Å². The van der Waals surface area contributed by atoms with Gasteiger partial charge in [0, 0.05) is 13.8 Å². The van der Waals surface area contributed by atoms with Crippen molar-refractivity contribution in [1.29, 1.82) is 0 Å². The summed E-state index contributed by atoms with van der Waals surface area (Å²) in [4.78, 5) is 12.1. The van der Waals surface area contributed by atoms with E-state index in [1.807, 2.05) is 39.8 Å². The summed E-state index contributed by atoms with van der Waals surface area (Å²) in [6.07, 6.45) is 1.39. The molecule has 1 fully saturated rings. The molecule has 1 saturated heterocycles. The maximum Gasteiger partial charge on any atom is 0.458 e. The van der Waals surface area contributed by atoms with Crippen molar-refractivity contribution >= 4 is 13.1 Å². The van der Waals surface area contributed by atoms with Crippen molar-refractivity contribution in [2.45, 2.75) is 71.3 Å². The standard InChI is InChI=1S/C18H25BO5/c1-16(2)17(3,4)24-19(23-16)11-10-12-8-7-9-13-14(12)21-18(5,6)22-15(13)20/h7-9H,10-11H2,1-6H3. The molecule has 0 saturated carbocycles. The first-order chi connectivity index (χ1) is 11.0. The lowest BCUT2D eigenvalue weighted by Crippen LogP contribution is -2.41. The molecule has 0 atom stereocenters. The molecule has 130 valence electrons. The van der Waals surface area contributed by atoms with Crippen molar-refractivity contribution < 1.29 is 23.6 Å². The minimum Gasteiger partial charge on any atom is -0.452 e. The summed E-state index contributed by atoms with van der Waals surface area (Å²) in [7, 11) is -0.269. The number of ether oxygens (including phenoxy) is 2. The highest BCUT2D eigenvalue weighted by molar-refractivity contribution is 6.45. The molecule has 0 N–H and O–H groups in total. The third kappa shape index (κ3) is 3.05. The fraction of sp³-hybridized carbons (Fsp3) is 0.611. The van der Waals surface area contributed by atoms with Gasteiger partial charge in [0.05, 0.1) is 11.2 Å². The van der Waals surface area contributed by atoms with Crippen LogP contribution < -0.4 is 4.74 Å². The monoisotopic (exact) mass is 332 g/mol. The van der Waals surface area contributed by atoms with Crippen molar-refractivity contribution in [3.05, 3.63) is 29.3 Å². The molecule has 1 aromatic carbocycles. The molecule has 1 aromatic rings. The first kappa shape index (κ1) is 17.3. The van der Waals surface area contributed by atoms with Crippen LogP contribution in [-0.2, 0) is 20.5 Å². The van der Waals surface area contributed by atoms with Crippen LogP contribution in [0.1, 0.15) is 57.5 Å². The highest BCUT2D eigenvalue weighted by atomic mass is 16.7. The van der Waals surface area contributed by atoms with Crippen molar-refractivity contribution in [2.24, 2.45) is 0 Å². The van der Waals surface area contributed by atoms with Gasteiger partial charge < -0.3 is 18.8 Å². The zero-order valence-electron chi connectivity index (χ0n) is 15.3. The van der Waals surface area contributed by atoms with Gasteiger partial charge in [-0.25, -0.2) is 4.79 Å². The van der Waals surface area contributed by atoms with E-state index in [0.29, 0.717) is 24.1 Å². The molecule has 2 aliphatic rings. The molecule has 5 nitrogen and oxygen atoms in total. The SMILES string of the molecule is CC1(C)OC(=O)c2cccc(CCB3OC(C)(C)C(C)(C)O3)c2O1. The lowest BCUT2D eigenvalue weighted by atomic mass is 9.81. The number of rotatable bonds is 3. The van der Waals surface area contributed by atoms with Crippen LogP contribution in [0, 0.1) is 0 Å². The van der Waals surface area contributed by atoms with Gasteiger partial charge in [0.15, 0.2) is 0 Å². The fourth-order valence-corrected chi connectivity index (χ4v) is 2.96. The van der Waals surface area contributed by atoms with E-state index in [2.05, 4.69) is 0 Å². The molecule has 24 heavy (non-hydrogen) atoms. The van der Waals surface area contributed by atoms with E-state index in [4.69, 9.17) is 18.8 Å². The second-order valence-corrected chi connectivity index (χ2v) is 7.91. The second-order valence-electron chi connectivity index (χ2n) is 7.91. The predicted octanol–water partition coefficient (Wildman–Crippen LogP) is 3.61. The van der Waals surface area contributed by atoms with E-state index in [-0.39, 0.29) is 24.3 Å². The average molecular weight is 332 g/mol. The summed E-state index contributed by atoms with van der Waals surface area (Å²) >= 11 is 0. The molecular formula is C18H25BO5. The van der Waals surface area contributed by atoms with E-state index in [0.717, 1.165) is 5.56 Å². The lowest BCUT2D eigenvalue weighted by Gasteiger charge is -2.32. The summed E-state index contributed by atoms with van der Waals surface area (Å²) in [5.74, 6) is -0.696. The first-order valence-electron chi connectivity index (χ1n) is 8.41. The van der Waals surface area contributed by atoms with Crippen LogP contribution in [0.25, 0.3) is 0 Å². The van der Waals surface area contributed by atoms with E-state index in [1.54, 1.807) is 19.9 Å². The average Bonchev–Trinajstić information content (AvgIpc) is 2.63. The van der Waals surface area contributed by atoms with Crippen molar-refractivity contribution in [1.82, 2.24) is 0 Å². The Kier molecular flexibility index (Phi) is 3.96. The quantitative estimate of drug-likeness (QED) is 0.625. The number of hydrogen-bond donors (Lipinski definition) is 0. The number of esters is 1. The number of carbonyl (C=O) groups excluding carboxylic acids is 1. The van der Waals surface area contributed by atoms with Crippen LogP contribution in [0.5, 0.6) is 5.75 Å². The molecule has 0 radical (unpaired) electrons. The normalized spacial score (nSPS) is 23.4. The molecule has 0 aliphatic carbocycles. The zero-order valence-corrected chi connectivity index (χ0v) is 15.3. The van der Waals surface area contributed by atoms with Gasteiger partial charge in [-0.3, -0.25) is 0 Å². The minimum absolute atomic E-state index is 0.269. The van der Waals surface area contributed by atoms with E-state index in [9.17, 15) is 4.79 Å². The maximum absolute atomic E-state index is 12.1. The molecule has 0 amide bonds. The van der Waals surface area contributed by atoms with Crippen molar-refractivity contribution in [2.75, 3.05) is 0 Å². The van der Waals surface area contributed by atoms with Gasteiger partial charge in [-0.15, -0.1) is 0 Å². The molecular weight excluding hydrogens is 307 g/mol. The Morgan fingerprint density at radius 1 is 0.958 bits per heavy atom. The summed E-state index contributed by atoms with van der Waals surface area (Å²) in [6, 6.07) is 5.55. The summed E-state index contributed by atoms with van der Waals surface area (Å²) in [5.41, 5.74) is 0.763. The number of cyclic esters (lactones) is 1. The molecule has 0 aromatic heterocycles. The topological polar surface area (TPSA) is 54.0 Å². The third-order valence-corrected chi connectivity index (χ3v) is 4.95. The first-order valence-corrected chi connectivity index (χ1v) is 8.41. The Bertz CT molecular complexity index is 649. The van der Waals surface area contributed by atoms with E-state index < -0.39 is 5.79 Å². The minimum atomic E-state index is -0.954. The van der Waals surface area contributed by atoms with Gasteiger partial charge in [0.25, 0.3) is 0 Å². The Hall–Kier alpha value is -1.53. The summed E-state index contributed by atoms with van der Waals surface area (Å²) < 4.78 is 23.2. The molecule has 0 spiro atoms. The van der Waals surface area contributed by atoms with Gasteiger partial charge >= 0.3 is 13.1 Å². The van der Waals surface area contributed by atoms with Crippen LogP contribution in [0.2, 0.25) is 6.32 Å². The Morgan fingerprint density at radius 3 is 2.21 bits per heavy atom. The van der Waals surface area contributed by atoms with Gasteiger partial charge in [0.2, 0.25) is 5.79 Å². The van der Waals surface area contributed by atoms with Crippen LogP contribution in [0.3, 0.4) is 0 Å². The van der Waals surface area contributed by atoms with E-state index in [1.165, 1.54) is 0 Å². The van der Waals surface area contributed by atoms with Gasteiger partial charge in [-0.2, -0.15) is 0 Å². The second kappa shape index (κ2) is 5.50. The smallest absolute Gasteiger partial charge is 0.452 e. The number of hydrogen-bond acceptors (Lipinski definition) is 5. The molecule has 2 heterocycles. The largest absolute Gasteiger partial charge is 0.458 e. The van der Waals surface area contributed by atoms with Gasteiger partial charge in [-0.1, -0.05) is 12.1 Å². The number of aryl methyl sites for hydroxylation is 1. The van der Waals surface area contributed by atoms with Crippen molar-refractivity contribution in [3.63, 3.8) is 0 Å². The van der Waals surface area contributed by atoms with E-state index >= 15 is 0 Å². The van der Waals surface area contributed by atoms with Crippen LogP contribution >= 0.6 is 0 Å². The third-order valence-electron chi connectivity index (χ3n) is 4.95. The summed E-state index contributed by atoms with van der Waals surface area (Å²) in [6.45, 7) is 11.6. The number of carbonyl (C=O) groups is 1. The maximum atomic E-state index is 12.1. The van der Waals surface area contributed by atoms with Gasteiger partial charge in [-0.05, 0) is 52.1 Å². The fourth-order valence-electron chi connectivity index (χ4n) is 2.96. The predicted molar refractivity (Wildman–Crippen MR) is 91.2 cm³/mol. The molecule has 6 heteroatoms. The van der Waals surface area contributed by atoms with Crippen molar-refractivity contribution in [3.8, 4) is 5.75 Å². The van der Waals surface area contributed by atoms with Gasteiger partial charge in [0.1, 0.15) is 11.3 Å². The molecule has 0 unspecified atom stereocenters. The molecule has 2 aliphatic heterocycles. The number of benzene rings is 1. The molecule has 3 rings (SSSR count). The number of fused-ring (bicyclic) bond motifs is 1.